The number of aryl methyl sites for hydroxylation is 1. The Hall–Kier alpha value is -0.960. The molecule has 1 aromatic rings. The fourth-order valence-electron chi connectivity index (χ4n) is 2.99. The molecule has 1 aromatic heterocycles. The maximum atomic E-state index is 12.7. The zero-order valence-corrected chi connectivity index (χ0v) is 13.7. The number of hydrogen-bond donors (Lipinski definition) is 2. The first kappa shape index (κ1) is 16.4. The summed E-state index contributed by atoms with van der Waals surface area (Å²) in [5.74, 6) is 0. The van der Waals surface area contributed by atoms with Crippen molar-refractivity contribution < 1.29 is 13.5 Å². The second-order valence-corrected chi connectivity index (χ2v) is 7.47. The third-order valence-electron chi connectivity index (χ3n) is 4.15. The number of hydrogen-bond acceptors (Lipinski definition) is 5. The van der Waals surface area contributed by atoms with Crippen molar-refractivity contribution in [3.8, 4) is 0 Å². The third-order valence-corrected chi connectivity index (χ3v) is 6.18. The smallest absolute Gasteiger partial charge is 0.246 e. The minimum Gasteiger partial charge on any atom is -0.390 e. The number of aromatic nitrogens is 2. The molecule has 2 rings (SSSR count). The van der Waals surface area contributed by atoms with E-state index in [1.807, 2.05) is 0 Å². The summed E-state index contributed by atoms with van der Waals surface area (Å²) in [6, 6.07) is 0.263. The molecule has 0 spiro atoms. The number of sulfonamides is 1. The van der Waals surface area contributed by atoms with E-state index in [1.165, 1.54) is 4.31 Å². The highest BCUT2D eigenvalue weighted by molar-refractivity contribution is 7.89. The number of aromatic amines is 1. The standard InChI is InChI=1S/C13H24N4O3S/c1-4-17-7-5-6-11(17)8-16(3)21(19,20)13-10(2)14-15-12(13)9-18/h11,18H,4-9H2,1-3H3,(H,14,15). The van der Waals surface area contributed by atoms with Gasteiger partial charge in [-0.25, -0.2) is 8.42 Å². The number of aliphatic hydroxyl groups is 1. The van der Waals surface area contributed by atoms with Crippen molar-refractivity contribution in [2.24, 2.45) is 0 Å². The third kappa shape index (κ3) is 3.13. The molecule has 2 heterocycles. The van der Waals surface area contributed by atoms with Crippen LogP contribution in [0.25, 0.3) is 0 Å². The molecule has 0 saturated carbocycles. The molecule has 1 unspecified atom stereocenters. The van der Waals surface area contributed by atoms with Gasteiger partial charge in [-0.15, -0.1) is 0 Å². The lowest BCUT2D eigenvalue weighted by atomic mass is 10.2. The van der Waals surface area contributed by atoms with Crippen LogP contribution in [0.2, 0.25) is 0 Å². The van der Waals surface area contributed by atoms with Gasteiger partial charge in [0, 0.05) is 19.6 Å². The lowest BCUT2D eigenvalue weighted by Crippen LogP contribution is -2.41. The Bertz CT molecular complexity index is 584. The van der Waals surface area contributed by atoms with Gasteiger partial charge in [0.25, 0.3) is 0 Å². The maximum Gasteiger partial charge on any atom is 0.246 e. The Kier molecular flexibility index (Phi) is 5.03. The van der Waals surface area contributed by atoms with Crippen molar-refractivity contribution in [2.45, 2.75) is 44.2 Å². The number of likely N-dealkylation sites (N-methyl/N-ethyl adjacent to an activating group) is 2. The van der Waals surface area contributed by atoms with Gasteiger partial charge >= 0.3 is 0 Å². The van der Waals surface area contributed by atoms with Crippen LogP contribution in [-0.2, 0) is 16.6 Å². The molecule has 0 amide bonds. The van der Waals surface area contributed by atoms with Crippen LogP contribution >= 0.6 is 0 Å². The van der Waals surface area contributed by atoms with E-state index in [0.717, 1.165) is 25.9 Å². The molecule has 0 radical (unpaired) electrons. The minimum atomic E-state index is -3.64. The van der Waals surface area contributed by atoms with Crippen LogP contribution in [-0.4, -0.2) is 65.7 Å². The van der Waals surface area contributed by atoms with Crippen molar-refractivity contribution in [1.82, 2.24) is 19.4 Å². The molecule has 8 heteroatoms. The molecule has 1 atom stereocenters. The first-order valence-corrected chi connectivity index (χ1v) is 8.70. The molecule has 0 aliphatic carbocycles. The van der Waals surface area contributed by atoms with Gasteiger partial charge in [0.1, 0.15) is 10.6 Å². The zero-order valence-electron chi connectivity index (χ0n) is 12.8. The van der Waals surface area contributed by atoms with E-state index in [-0.39, 0.29) is 16.6 Å². The fourth-order valence-corrected chi connectivity index (χ4v) is 4.51. The number of likely N-dealkylation sites (tertiary alicyclic amines) is 1. The molecule has 0 bridgehead atoms. The van der Waals surface area contributed by atoms with Gasteiger partial charge in [-0.05, 0) is 32.9 Å². The van der Waals surface area contributed by atoms with E-state index in [2.05, 4.69) is 22.0 Å². The van der Waals surface area contributed by atoms with Crippen molar-refractivity contribution in [2.75, 3.05) is 26.7 Å². The molecule has 2 N–H and O–H groups in total. The Balaban J connectivity index is 2.21. The van der Waals surface area contributed by atoms with Crippen LogP contribution in [0, 0.1) is 6.92 Å². The summed E-state index contributed by atoms with van der Waals surface area (Å²) in [7, 11) is -2.04. The molecular weight excluding hydrogens is 292 g/mol. The SMILES string of the molecule is CCN1CCCC1CN(C)S(=O)(=O)c1c(CO)n[nH]c1C. The van der Waals surface area contributed by atoms with Crippen LogP contribution in [0.4, 0.5) is 0 Å². The Morgan fingerprint density at radius 3 is 2.86 bits per heavy atom. The van der Waals surface area contributed by atoms with Crippen molar-refractivity contribution in [1.29, 1.82) is 0 Å². The van der Waals surface area contributed by atoms with Gasteiger partial charge in [-0.1, -0.05) is 6.92 Å². The van der Waals surface area contributed by atoms with Gasteiger partial charge < -0.3 is 5.11 Å². The van der Waals surface area contributed by atoms with Crippen LogP contribution in [0.15, 0.2) is 4.90 Å². The zero-order chi connectivity index (χ0) is 15.6. The first-order valence-electron chi connectivity index (χ1n) is 7.26. The van der Waals surface area contributed by atoms with Crippen molar-refractivity contribution >= 4 is 10.0 Å². The second-order valence-electron chi connectivity index (χ2n) is 5.49. The number of H-pyrrole nitrogens is 1. The molecule has 1 aliphatic heterocycles. The lowest BCUT2D eigenvalue weighted by Gasteiger charge is -2.27. The van der Waals surface area contributed by atoms with E-state index >= 15 is 0 Å². The van der Waals surface area contributed by atoms with Crippen molar-refractivity contribution in [3.05, 3.63) is 11.4 Å². The molecule has 7 nitrogen and oxygen atoms in total. The van der Waals surface area contributed by atoms with Gasteiger partial charge in [0.15, 0.2) is 0 Å². The summed E-state index contributed by atoms with van der Waals surface area (Å²) in [6.07, 6.45) is 2.13. The van der Waals surface area contributed by atoms with E-state index < -0.39 is 16.6 Å². The number of nitrogens with zero attached hydrogens (tertiary/aromatic N) is 3. The largest absolute Gasteiger partial charge is 0.390 e. The van der Waals surface area contributed by atoms with E-state index in [0.29, 0.717) is 12.2 Å². The summed E-state index contributed by atoms with van der Waals surface area (Å²) in [4.78, 5) is 2.41. The topological polar surface area (TPSA) is 89.5 Å². The van der Waals surface area contributed by atoms with Crippen LogP contribution < -0.4 is 0 Å². The van der Waals surface area contributed by atoms with E-state index in [9.17, 15) is 13.5 Å². The summed E-state index contributed by atoms with van der Waals surface area (Å²) < 4.78 is 26.8. The number of rotatable bonds is 6. The van der Waals surface area contributed by atoms with Crippen molar-refractivity contribution in [3.63, 3.8) is 0 Å². The number of nitrogens with one attached hydrogen (secondary N) is 1. The highest BCUT2D eigenvalue weighted by Gasteiger charge is 2.32. The Morgan fingerprint density at radius 1 is 1.52 bits per heavy atom. The van der Waals surface area contributed by atoms with Gasteiger partial charge in [-0.3, -0.25) is 10.00 Å². The summed E-state index contributed by atoms with van der Waals surface area (Å²) in [6.45, 7) is 5.79. The first-order chi connectivity index (χ1) is 9.91. The molecular formula is C13H24N4O3S. The van der Waals surface area contributed by atoms with Crippen LogP contribution in [0.5, 0.6) is 0 Å². The molecule has 120 valence electrons. The van der Waals surface area contributed by atoms with E-state index in [4.69, 9.17) is 0 Å². The normalized spacial score (nSPS) is 20.5. The van der Waals surface area contributed by atoms with Gasteiger partial charge in [0.05, 0.1) is 12.3 Å². The summed E-state index contributed by atoms with van der Waals surface area (Å²) in [5.41, 5.74) is 0.641. The summed E-state index contributed by atoms with van der Waals surface area (Å²) in [5, 5.41) is 15.8. The van der Waals surface area contributed by atoms with Gasteiger partial charge in [-0.2, -0.15) is 9.40 Å². The lowest BCUT2D eigenvalue weighted by molar-refractivity contribution is 0.237. The van der Waals surface area contributed by atoms with Crippen LogP contribution in [0.1, 0.15) is 31.2 Å². The highest BCUT2D eigenvalue weighted by atomic mass is 32.2. The average Bonchev–Trinajstić information content (AvgIpc) is 3.04. The fraction of sp³-hybridized carbons (Fsp3) is 0.769. The Labute approximate surface area is 126 Å². The predicted octanol–water partition coefficient (Wildman–Crippen LogP) is 0.315. The second kappa shape index (κ2) is 6.43. The number of aliphatic hydroxyl groups excluding tert-OH is 1. The van der Waals surface area contributed by atoms with Gasteiger partial charge in [0.2, 0.25) is 10.0 Å². The summed E-state index contributed by atoms with van der Waals surface area (Å²) >= 11 is 0. The minimum absolute atomic E-state index is 0.105. The van der Waals surface area contributed by atoms with Crippen LogP contribution in [0.3, 0.4) is 0 Å². The molecule has 21 heavy (non-hydrogen) atoms. The average molecular weight is 316 g/mol. The predicted molar refractivity (Wildman–Crippen MR) is 79.3 cm³/mol. The quantitative estimate of drug-likeness (QED) is 0.789. The monoisotopic (exact) mass is 316 g/mol. The van der Waals surface area contributed by atoms with E-state index in [1.54, 1.807) is 14.0 Å². The molecule has 0 aromatic carbocycles. The molecule has 1 aliphatic rings. The molecule has 1 saturated heterocycles. The molecule has 1 fully saturated rings. The highest BCUT2D eigenvalue weighted by Crippen LogP contribution is 2.24. The Morgan fingerprint density at radius 2 is 2.24 bits per heavy atom. The maximum absolute atomic E-state index is 12.7.